The third-order valence-electron chi connectivity index (χ3n) is 4.05. The second-order valence-corrected chi connectivity index (χ2v) is 7.89. The fourth-order valence-corrected chi connectivity index (χ4v) is 4.25. The summed E-state index contributed by atoms with van der Waals surface area (Å²) in [7, 11) is 0. The van der Waals surface area contributed by atoms with Crippen LogP contribution in [-0.2, 0) is 0 Å². The van der Waals surface area contributed by atoms with Crippen LogP contribution in [0.25, 0.3) is 10.7 Å². The number of halogens is 2. The van der Waals surface area contributed by atoms with E-state index in [1.807, 2.05) is 17.5 Å². The molecule has 0 aliphatic heterocycles. The van der Waals surface area contributed by atoms with Gasteiger partial charge in [0.25, 0.3) is 0 Å². The summed E-state index contributed by atoms with van der Waals surface area (Å²) in [4.78, 5) is 13.5. The van der Waals surface area contributed by atoms with E-state index in [-0.39, 0.29) is 17.3 Å². The minimum Gasteiger partial charge on any atom is -0.435 e. The zero-order valence-corrected chi connectivity index (χ0v) is 15.7. The minimum absolute atomic E-state index is 0.0308. The number of carbonyl (C=O) groups is 1. The average molecular weight is 407 g/mol. The number of nitrogens with zero attached hydrogens (tertiary/aromatic N) is 3. The molecule has 1 fully saturated rings. The Morgan fingerprint density at radius 3 is 2.67 bits per heavy atom. The topological polar surface area (TPSA) is 57.0 Å². The van der Waals surface area contributed by atoms with Crippen LogP contribution in [0.2, 0.25) is 0 Å². The van der Waals surface area contributed by atoms with Crippen molar-refractivity contribution >= 4 is 28.9 Å². The lowest BCUT2D eigenvalue weighted by molar-refractivity contribution is -0.0498. The first-order chi connectivity index (χ1) is 13.1. The Bertz CT molecular complexity index is 923. The lowest BCUT2D eigenvalue weighted by Crippen LogP contribution is -2.06. The summed E-state index contributed by atoms with van der Waals surface area (Å²) < 4.78 is 30.8. The van der Waals surface area contributed by atoms with E-state index in [9.17, 15) is 13.6 Å². The van der Waals surface area contributed by atoms with Gasteiger partial charge in [-0.15, -0.1) is 21.5 Å². The number of Topliss-reactive ketones (excluding diaryl/α,β-unsaturated/α-hetero) is 1. The molecule has 3 aromatic rings. The average Bonchev–Trinajstić information content (AvgIpc) is 3.18. The Kier molecular flexibility index (Phi) is 5.22. The van der Waals surface area contributed by atoms with E-state index in [0.29, 0.717) is 11.6 Å². The highest BCUT2D eigenvalue weighted by Gasteiger charge is 2.30. The van der Waals surface area contributed by atoms with Gasteiger partial charge in [-0.1, -0.05) is 17.8 Å². The predicted octanol–water partition coefficient (Wildman–Crippen LogP) is 4.92. The van der Waals surface area contributed by atoms with E-state index in [2.05, 4.69) is 19.5 Å². The molecule has 1 aromatic carbocycles. The summed E-state index contributed by atoms with van der Waals surface area (Å²) in [6, 6.07) is 10.1. The van der Waals surface area contributed by atoms with Crippen LogP contribution in [0.4, 0.5) is 8.78 Å². The molecule has 1 aliphatic rings. The molecule has 2 aromatic heterocycles. The largest absolute Gasteiger partial charge is 0.435 e. The molecule has 27 heavy (non-hydrogen) atoms. The summed E-state index contributed by atoms with van der Waals surface area (Å²) in [5.74, 6) is 0.968. The molecule has 0 saturated heterocycles. The molecule has 9 heteroatoms. The first-order valence-corrected chi connectivity index (χ1v) is 10.2. The zero-order valence-electron chi connectivity index (χ0n) is 14.0. The Hall–Kier alpha value is -2.26. The van der Waals surface area contributed by atoms with Crippen molar-refractivity contribution in [1.82, 2.24) is 14.8 Å². The van der Waals surface area contributed by atoms with Gasteiger partial charge >= 0.3 is 6.61 Å². The molecule has 0 amide bonds. The molecule has 0 unspecified atom stereocenters. The summed E-state index contributed by atoms with van der Waals surface area (Å²) in [5, 5.41) is 11.3. The van der Waals surface area contributed by atoms with Gasteiger partial charge in [-0.05, 0) is 48.6 Å². The molecule has 1 aliphatic carbocycles. The van der Waals surface area contributed by atoms with E-state index in [0.717, 1.165) is 28.7 Å². The molecule has 0 N–H and O–H groups in total. The SMILES string of the molecule is O=C(CSc1nnc(-c2cccs2)n1C1CC1)c1ccc(OC(F)F)cc1. The molecule has 4 rings (SSSR count). The van der Waals surface area contributed by atoms with Crippen molar-refractivity contribution in [2.45, 2.75) is 30.7 Å². The van der Waals surface area contributed by atoms with Crippen molar-refractivity contribution in [2.75, 3.05) is 5.75 Å². The van der Waals surface area contributed by atoms with E-state index < -0.39 is 6.61 Å². The van der Waals surface area contributed by atoms with Crippen LogP contribution in [0, 0.1) is 0 Å². The number of carbonyl (C=O) groups excluding carboxylic acids is 1. The van der Waals surface area contributed by atoms with Gasteiger partial charge < -0.3 is 4.74 Å². The number of hydrogen-bond donors (Lipinski definition) is 0. The minimum atomic E-state index is -2.88. The number of hydrogen-bond acceptors (Lipinski definition) is 6. The fraction of sp³-hybridized carbons (Fsp3) is 0.278. The number of aromatic nitrogens is 3. The number of alkyl halides is 2. The molecule has 0 bridgehead atoms. The maximum atomic E-state index is 12.4. The Morgan fingerprint density at radius 2 is 2.04 bits per heavy atom. The van der Waals surface area contributed by atoms with Crippen LogP contribution in [-0.4, -0.2) is 32.9 Å². The van der Waals surface area contributed by atoms with Crippen LogP contribution in [0.5, 0.6) is 5.75 Å². The number of ether oxygens (including phenoxy) is 1. The molecule has 2 heterocycles. The smallest absolute Gasteiger partial charge is 0.387 e. The van der Waals surface area contributed by atoms with Crippen molar-refractivity contribution in [1.29, 1.82) is 0 Å². The first-order valence-electron chi connectivity index (χ1n) is 8.31. The summed E-state index contributed by atoms with van der Waals surface area (Å²) >= 11 is 2.96. The third kappa shape index (κ3) is 4.19. The number of thioether (sulfide) groups is 1. The zero-order chi connectivity index (χ0) is 18.8. The van der Waals surface area contributed by atoms with Gasteiger partial charge in [-0.25, -0.2) is 0 Å². The molecule has 0 spiro atoms. The van der Waals surface area contributed by atoms with Crippen LogP contribution in [0.3, 0.4) is 0 Å². The van der Waals surface area contributed by atoms with Gasteiger partial charge in [0.15, 0.2) is 16.8 Å². The van der Waals surface area contributed by atoms with Gasteiger partial charge in [-0.3, -0.25) is 9.36 Å². The maximum absolute atomic E-state index is 12.4. The molecular formula is C18H15F2N3O2S2. The van der Waals surface area contributed by atoms with Crippen molar-refractivity contribution in [3.05, 3.63) is 47.3 Å². The van der Waals surface area contributed by atoms with Crippen molar-refractivity contribution in [3.8, 4) is 16.5 Å². The Balaban J connectivity index is 1.45. The van der Waals surface area contributed by atoms with E-state index in [1.54, 1.807) is 11.3 Å². The maximum Gasteiger partial charge on any atom is 0.387 e. The lowest BCUT2D eigenvalue weighted by atomic mass is 10.1. The van der Waals surface area contributed by atoms with Crippen molar-refractivity contribution < 1.29 is 18.3 Å². The molecule has 5 nitrogen and oxygen atoms in total. The lowest BCUT2D eigenvalue weighted by Gasteiger charge is -2.08. The molecule has 1 saturated carbocycles. The standard InChI is InChI=1S/C18H15F2N3O2S2/c19-17(20)25-13-7-3-11(4-8-13)14(24)10-27-18-22-21-16(15-2-1-9-26-15)23(18)12-5-6-12/h1-4,7-9,12,17H,5-6,10H2. The number of ketones is 1. The van der Waals surface area contributed by atoms with Gasteiger partial charge in [0.2, 0.25) is 0 Å². The predicted molar refractivity (Wildman–Crippen MR) is 99.7 cm³/mol. The Labute approximate surface area is 162 Å². The fourth-order valence-electron chi connectivity index (χ4n) is 2.65. The van der Waals surface area contributed by atoms with Crippen LogP contribution in [0.15, 0.2) is 46.9 Å². The summed E-state index contributed by atoms with van der Waals surface area (Å²) in [5.41, 5.74) is 0.445. The highest BCUT2D eigenvalue weighted by atomic mass is 32.2. The molecule has 0 atom stereocenters. The van der Waals surface area contributed by atoms with Crippen LogP contribution < -0.4 is 4.74 Å². The second-order valence-electron chi connectivity index (χ2n) is 6.00. The van der Waals surface area contributed by atoms with E-state index in [4.69, 9.17) is 0 Å². The van der Waals surface area contributed by atoms with Crippen LogP contribution >= 0.6 is 23.1 Å². The molecular weight excluding hydrogens is 392 g/mol. The van der Waals surface area contributed by atoms with Gasteiger partial charge in [-0.2, -0.15) is 8.78 Å². The number of benzene rings is 1. The monoisotopic (exact) mass is 407 g/mol. The van der Waals surface area contributed by atoms with E-state index >= 15 is 0 Å². The normalized spacial score (nSPS) is 13.9. The second kappa shape index (κ2) is 7.77. The summed E-state index contributed by atoms with van der Waals surface area (Å²) in [6.07, 6.45) is 2.17. The number of thiophene rings is 1. The highest BCUT2D eigenvalue weighted by Crippen LogP contribution is 2.41. The third-order valence-corrected chi connectivity index (χ3v) is 5.86. The van der Waals surface area contributed by atoms with Crippen LogP contribution in [0.1, 0.15) is 29.2 Å². The Morgan fingerprint density at radius 1 is 1.26 bits per heavy atom. The first kappa shape index (κ1) is 18.1. The van der Waals surface area contributed by atoms with Crippen molar-refractivity contribution in [3.63, 3.8) is 0 Å². The number of rotatable bonds is 8. The molecule has 0 radical (unpaired) electrons. The highest BCUT2D eigenvalue weighted by molar-refractivity contribution is 7.99. The summed E-state index contributed by atoms with van der Waals surface area (Å²) in [6.45, 7) is -2.88. The van der Waals surface area contributed by atoms with Gasteiger partial charge in [0, 0.05) is 11.6 Å². The van der Waals surface area contributed by atoms with Gasteiger partial charge in [0.1, 0.15) is 5.75 Å². The van der Waals surface area contributed by atoms with Gasteiger partial charge in [0.05, 0.1) is 10.6 Å². The van der Waals surface area contributed by atoms with Crippen molar-refractivity contribution in [2.24, 2.45) is 0 Å². The molecule has 140 valence electrons. The quantitative estimate of drug-likeness (QED) is 0.392. The van der Waals surface area contributed by atoms with E-state index in [1.165, 1.54) is 36.0 Å².